The summed E-state index contributed by atoms with van der Waals surface area (Å²) >= 11 is 0. The van der Waals surface area contributed by atoms with Crippen molar-refractivity contribution in [3.8, 4) is 0 Å². The van der Waals surface area contributed by atoms with Crippen molar-refractivity contribution in [3.05, 3.63) is 129 Å². The van der Waals surface area contributed by atoms with Crippen LogP contribution < -0.4 is 21.5 Å². The van der Waals surface area contributed by atoms with Crippen molar-refractivity contribution in [3.63, 3.8) is 0 Å². The molecular formula is C34H33N7O3. The van der Waals surface area contributed by atoms with E-state index >= 15 is 0 Å². The average molecular weight is 588 g/mol. The van der Waals surface area contributed by atoms with Gasteiger partial charge in [0.1, 0.15) is 17.3 Å². The quantitative estimate of drug-likeness (QED) is 0.274. The molecule has 0 bridgehead atoms. The molecule has 10 nitrogen and oxygen atoms in total. The van der Waals surface area contributed by atoms with Gasteiger partial charge in [0.2, 0.25) is 5.91 Å². The van der Waals surface area contributed by atoms with Gasteiger partial charge in [-0.3, -0.25) is 24.4 Å². The summed E-state index contributed by atoms with van der Waals surface area (Å²) in [7, 11) is 4.08. The van der Waals surface area contributed by atoms with Crippen LogP contribution in [0.25, 0.3) is 6.08 Å². The highest BCUT2D eigenvalue weighted by molar-refractivity contribution is 6.21. The van der Waals surface area contributed by atoms with Gasteiger partial charge < -0.3 is 25.4 Å². The smallest absolute Gasteiger partial charge is 0.263 e. The number of hydrogen-bond donors (Lipinski definition) is 3. The molecule has 2 aliphatic rings. The van der Waals surface area contributed by atoms with Crippen LogP contribution >= 0.6 is 0 Å². The number of rotatable bonds is 9. The van der Waals surface area contributed by atoms with E-state index in [1.54, 1.807) is 36.8 Å². The first-order valence-corrected chi connectivity index (χ1v) is 14.4. The van der Waals surface area contributed by atoms with Crippen LogP contribution in [-0.2, 0) is 24.4 Å². The number of nitrogens with zero attached hydrogens (tertiary/aromatic N) is 4. The molecule has 0 spiro atoms. The van der Waals surface area contributed by atoms with E-state index in [9.17, 15) is 14.4 Å². The largest absolute Gasteiger partial charge is 0.348 e. The lowest BCUT2D eigenvalue weighted by atomic mass is 9.96. The molecule has 222 valence electrons. The summed E-state index contributed by atoms with van der Waals surface area (Å²) in [6.45, 7) is 1.94. The maximum Gasteiger partial charge on any atom is 0.263 e. The van der Waals surface area contributed by atoms with Crippen LogP contribution in [0, 0.1) is 0 Å². The molecule has 2 aromatic carbocycles. The zero-order chi connectivity index (χ0) is 30.6. The fraction of sp³-hybridized carbons (Fsp3) is 0.206. The molecule has 1 unspecified atom stereocenters. The number of carbonyl (C=O) groups excluding carboxylic acids is 2. The fourth-order valence-corrected chi connectivity index (χ4v) is 5.49. The van der Waals surface area contributed by atoms with Gasteiger partial charge in [0.25, 0.3) is 11.5 Å². The van der Waals surface area contributed by atoms with Crippen LogP contribution in [-0.4, -0.2) is 52.7 Å². The summed E-state index contributed by atoms with van der Waals surface area (Å²) in [6, 6.07) is 19.0. The van der Waals surface area contributed by atoms with Crippen molar-refractivity contribution in [1.29, 1.82) is 0 Å². The summed E-state index contributed by atoms with van der Waals surface area (Å²) in [5, 5.41) is 9.16. The Labute approximate surface area is 255 Å². The van der Waals surface area contributed by atoms with Crippen molar-refractivity contribution in [2.45, 2.75) is 25.6 Å². The molecule has 0 saturated heterocycles. The maximum absolute atomic E-state index is 13.0. The molecule has 10 heteroatoms. The molecule has 0 fully saturated rings. The second-order valence-electron chi connectivity index (χ2n) is 11.2. The van der Waals surface area contributed by atoms with Crippen LogP contribution in [0.4, 0.5) is 11.4 Å². The van der Waals surface area contributed by atoms with E-state index in [1.165, 1.54) is 16.2 Å². The van der Waals surface area contributed by atoms with Gasteiger partial charge >= 0.3 is 0 Å². The van der Waals surface area contributed by atoms with Crippen LogP contribution in [0.3, 0.4) is 0 Å². The van der Waals surface area contributed by atoms with Gasteiger partial charge in [-0.15, -0.1) is 0 Å². The van der Waals surface area contributed by atoms with Crippen LogP contribution in [0.2, 0.25) is 0 Å². The number of amides is 2. The monoisotopic (exact) mass is 587 g/mol. The average Bonchev–Trinajstić information content (AvgIpc) is 3.35. The van der Waals surface area contributed by atoms with Crippen LogP contribution in [0.15, 0.2) is 95.1 Å². The first-order valence-electron chi connectivity index (χ1n) is 14.4. The van der Waals surface area contributed by atoms with Crippen molar-refractivity contribution in [2.75, 3.05) is 31.3 Å². The highest BCUT2D eigenvalue weighted by Crippen LogP contribution is 2.36. The van der Waals surface area contributed by atoms with Crippen molar-refractivity contribution >= 4 is 35.1 Å². The summed E-state index contributed by atoms with van der Waals surface area (Å²) < 4.78 is 1.49. The van der Waals surface area contributed by atoms with Crippen molar-refractivity contribution < 1.29 is 9.59 Å². The fourth-order valence-electron chi connectivity index (χ4n) is 5.49. The number of anilines is 2. The predicted octanol–water partition coefficient (Wildman–Crippen LogP) is 3.86. The number of aliphatic imine (C=N–C) groups is 1. The third-order valence-electron chi connectivity index (χ3n) is 7.56. The molecule has 2 amide bonds. The highest BCUT2D eigenvalue weighted by atomic mass is 16.2. The van der Waals surface area contributed by atoms with Crippen molar-refractivity contribution in [2.24, 2.45) is 4.99 Å². The lowest BCUT2D eigenvalue weighted by molar-refractivity contribution is -0.115. The van der Waals surface area contributed by atoms with Gasteiger partial charge in [0.05, 0.1) is 13.1 Å². The molecule has 3 N–H and O–H groups in total. The number of fused-ring (bicyclic) bond motifs is 2. The first-order chi connectivity index (χ1) is 21.4. The SMILES string of the molecule is CN(C)Cc1ccc2c(c1)CN=C(C1C(=O)Nc3cc(C=CCNC(=O)c4cccn(Cc5cccnc5)c4=O)ccc31)N2. The van der Waals surface area contributed by atoms with E-state index in [-0.39, 0.29) is 23.6 Å². The normalized spacial score (nSPS) is 15.4. The number of nitrogens with one attached hydrogen (secondary N) is 3. The maximum atomic E-state index is 13.0. The number of aromatic nitrogens is 2. The highest BCUT2D eigenvalue weighted by Gasteiger charge is 2.36. The van der Waals surface area contributed by atoms with Gasteiger partial charge in [-0.05, 0) is 72.2 Å². The Bertz CT molecular complexity index is 1840. The first kappa shape index (κ1) is 28.8. The molecule has 0 saturated carbocycles. The minimum absolute atomic E-state index is 0.0759. The van der Waals surface area contributed by atoms with E-state index < -0.39 is 11.8 Å². The third-order valence-corrected chi connectivity index (χ3v) is 7.56. The van der Waals surface area contributed by atoms with E-state index in [0.29, 0.717) is 18.9 Å². The Morgan fingerprint density at radius 1 is 1.05 bits per heavy atom. The molecule has 1 atom stereocenters. The summed E-state index contributed by atoms with van der Waals surface area (Å²) in [4.78, 5) is 49.6. The number of benzene rings is 2. The third kappa shape index (κ3) is 6.20. The Balaban J connectivity index is 1.08. The van der Waals surface area contributed by atoms with Gasteiger partial charge in [-0.1, -0.05) is 42.5 Å². The lowest BCUT2D eigenvalue weighted by Gasteiger charge is -2.23. The summed E-state index contributed by atoms with van der Waals surface area (Å²) in [5.41, 5.74) is 6.36. The van der Waals surface area contributed by atoms with Crippen LogP contribution in [0.5, 0.6) is 0 Å². The molecule has 4 heterocycles. The minimum Gasteiger partial charge on any atom is -0.348 e. The standard InChI is InChI=1S/C34H33N7O3/c1-40(2)20-23-10-12-28-25(16-23)19-37-31(38-28)30-26-11-9-22(17-29(26)39-33(30)43)6-4-14-36-32(42)27-8-5-15-41(34(27)44)21-24-7-3-13-35-18-24/h3-13,15-18,30H,14,19-21H2,1-2H3,(H,36,42)(H,37,38)(H,39,43). The predicted molar refractivity (Wildman–Crippen MR) is 172 cm³/mol. The van der Waals surface area contributed by atoms with E-state index in [1.807, 2.05) is 44.4 Å². The zero-order valence-corrected chi connectivity index (χ0v) is 24.6. The second-order valence-corrected chi connectivity index (χ2v) is 11.2. The van der Waals surface area contributed by atoms with Gasteiger partial charge in [0.15, 0.2) is 0 Å². The number of pyridine rings is 2. The number of carbonyl (C=O) groups is 2. The molecule has 44 heavy (non-hydrogen) atoms. The second kappa shape index (κ2) is 12.5. The Kier molecular flexibility index (Phi) is 8.16. The van der Waals surface area contributed by atoms with Crippen molar-refractivity contribution in [1.82, 2.24) is 19.8 Å². The zero-order valence-electron chi connectivity index (χ0n) is 24.6. The molecule has 4 aromatic rings. The topological polar surface area (TPSA) is 121 Å². The molecule has 0 aliphatic carbocycles. The number of amidine groups is 1. The lowest BCUT2D eigenvalue weighted by Crippen LogP contribution is -2.33. The van der Waals surface area contributed by atoms with E-state index in [0.717, 1.165) is 40.2 Å². The van der Waals surface area contributed by atoms with E-state index in [4.69, 9.17) is 4.99 Å². The summed E-state index contributed by atoms with van der Waals surface area (Å²) in [6.07, 6.45) is 8.68. The number of hydrogen-bond acceptors (Lipinski definition) is 7. The Morgan fingerprint density at radius 2 is 1.93 bits per heavy atom. The molecule has 2 aliphatic heterocycles. The molecule has 2 aromatic heterocycles. The van der Waals surface area contributed by atoms with Gasteiger partial charge in [0, 0.05) is 43.1 Å². The van der Waals surface area contributed by atoms with E-state index in [2.05, 4.69) is 44.0 Å². The Morgan fingerprint density at radius 3 is 2.75 bits per heavy atom. The van der Waals surface area contributed by atoms with Crippen LogP contribution in [0.1, 0.15) is 44.1 Å². The van der Waals surface area contributed by atoms with Gasteiger partial charge in [-0.25, -0.2) is 0 Å². The van der Waals surface area contributed by atoms with Gasteiger partial charge in [-0.2, -0.15) is 0 Å². The minimum atomic E-state index is -0.509. The summed E-state index contributed by atoms with van der Waals surface area (Å²) in [5.74, 6) is -0.435. The molecule has 6 rings (SSSR count). The molecular weight excluding hydrogens is 554 g/mol. The molecule has 0 radical (unpaired) electrons. The Hall–Kier alpha value is -5.35.